The molecule has 3 nitrogen and oxygen atoms in total. The van der Waals surface area contributed by atoms with E-state index in [0.29, 0.717) is 11.6 Å². The van der Waals surface area contributed by atoms with Crippen LogP contribution in [0.15, 0.2) is 60.9 Å². The second-order valence-electron chi connectivity index (χ2n) is 7.69. The summed E-state index contributed by atoms with van der Waals surface area (Å²) in [6.07, 6.45) is 6.28. The lowest BCUT2D eigenvalue weighted by atomic mass is 10.0. The molecule has 3 aromatic rings. The second-order valence-corrected chi connectivity index (χ2v) is 7.69. The predicted octanol–water partition coefficient (Wildman–Crippen LogP) is 6.53. The second kappa shape index (κ2) is 10.1. The molecule has 0 saturated carbocycles. The van der Waals surface area contributed by atoms with Gasteiger partial charge < -0.3 is 4.74 Å². The van der Waals surface area contributed by atoms with E-state index in [1.807, 2.05) is 50.5 Å². The first-order chi connectivity index (χ1) is 14.1. The number of halogens is 1. The molecule has 1 atom stereocenters. The largest absolute Gasteiger partial charge is 0.491 e. The molecule has 0 spiro atoms. The van der Waals surface area contributed by atoms with Crippen LogP contribution in [0.4, 0.5) is 4.39 Å². The number of alkyl halides is 1. The van der Waals surface area contributed by atoms with Gasteiger partial charge in [0, 0.05) is 23.5 Å². The maximum absolute atomic E-state index is 13.7. The van der Waals surface area contributed by atoms with Gasteiger partial charge in [0.05, 0.1) is 0 Å². The molecule has 29 heavy (non-hydrogen) atoms. The quantitative estimate of drug-likeness (QED) is 0.415. The van der Waals surface area contributed by atoms with Gasteiger partial charge in [-0.2, -0.15) is 0 Å². The molecule has 1 unspecified atom stereocenters. The Balaban J connectivity index is 1.64. The number of ether oxygens (including phenoxy) is 1. The summed E-state index contributed by atoms with van der Waals surface area (Å²) in [5, 5.41) is 0. The summed E-state index contributed by atoms with van der Waals surface area (Å²) in [7, 11) is 0. The Bertz CT molecular complexity index is 874. The van der Waals surface area contributed by atoms with Crippen LogP contribution in [0.5, 0.6) is 5.75 Å². The van der Waals surface area contributed by atoms with Crippen molar-refractivity contribution >= 4 is 0 Å². The first-order valence-corrected chi connectivity index (χ1v) is 10.4. The fourth-order valence-electron chi connectivity index (χ4n) is 2.94. The van der Waals surface area contributed by atoms with Gasteiger partial charge in [0.15, 0.2) is 5.82 Å². The van der Waals surface area contributed by atoms with E-state index in [1.165, 1.54) is 18.4 Å². The predicted molar refractivity (Wildman–Crippen MR) is 117 cm³/mol. The number of hydrogen-bond acceptors (Lipinski definition) is 3. The maximum atomic E-state index is 13.7. The SMILES string of the molecule is CCCCc1ccc(-c2cnc(-c3ccc(OCC(F)C(C)C)cc3)nc2)cc1. The van der Waals surface area contributed by atoms with Crippen molar-refractivity contribution in [3.8, 4) is 28.3 Å². The summed E-state index contributed by atoms with van der Waals surface area (Å²) in [6, 6.07) is 16.1. The fraction of sp³-hybridized carbons (Fsp3) is 0.360. The van der Waals surface area contributed by atoms with E-state index in [1.54, 1.807) is 0 Å². The third-order valence-electron chi connectivity index (χ3n) is 5.00. The van der Waals surface area contributed by atoms with Gasteiger partial charge in [-0.05, 0) is 54.2 Å². The van der Waals surface area contributed by atoms with Crippen LogP contribution >= 0.6 is 0 Å². The lowest BCUT2D eigenvalue weighted by Crippen LogP contribution is -2.18. The molecule has 0 radical (unpaired) electrons. The summed E-state index contributed by atoms with van der Waals surface area (Å²) in [5.74, 6) is 1.26. The molecular formula is C25H29FN2O. The summed E-state index contributed by atoms with van der Waals surface area (Å²) >= 11 is 0. The standard InChI is InChI=1S/C25H29FN2O/c1-4-5-6-19-7-9-20(10-8-19)22-15-27-25(28-16-22)21-11-13-23(14-12-21)29-17-24(26)18(2)3/h7-16,18,24H,4-6,17H2,1-3H3. The van der Waals surface area contributed by atoms with Crippen LogP contribution < -0.4 is 4.74 Å². The van der Waals surface area contributed by atoms with Crippen molar-refractivity contribution in [2.75, 3.05) is 6.61 Å². The Morgan fingerprint density at radius 3 is 2.07 bits per heavy atom. The topological polar surface area (TPSA) is 35.0 Å². The van der Waals surface area contributed by atoms with Gasteiger partial charge in [-0.1, -0.05) is 51.5 Å². The first-order valence-electron chi connectivity index (χ1n) is 10.4. The smallest absolute Gasteiger partial charge is 0.159 e. The number of aromatic nitrogens is 2. The van der Waals surface area contributed by atoms with E-state index >= 15 is 0 Å². The average Bonchev–Trinajstić information content (AvgIpc) is 2.77. The van der Waals surface area contributed by atoms with E-state index in [-0.39, 0.29) is 12.5 Å². The molecule has 2 aromatic carbocycles. The average molecular weight is 393 g/mol. The van der Waals surface area contributed by atoms with Crippen LogP contribution in [-0.2, 0) is 6.42 Å². The molecular weight excluding hydrogens is 363 g/mol. The van der Waals surface area contributed by atoms with E-state index in [0.717, 1.165) is 23.1 Å². The highest BCUT2D eigenvalue weighted by Gasteiger charge is 2.12. The highest BCUT2D eigenvalue weighted by molar-refractivity contribution is 5.64. The molecule has 152 valence electrons. The van der Waals surface area contributed by atoms with Crippen molar-refractivity contribution < 1.29 is 9.13 Å². The first kappa shape index (κ1) is 21.0. The molecule has 1 heterocycles. The third kappa shape index (κ3) is 5.86. The Kier molecular flexibility index (Phi) is 7.34. The molecule has 0 aliphatic heterocycles. The highest BCUT2D eigenvalue weighted by atomic mass is 19.1. The molecule has 0 aliphatic rings. The molecule has 0 N–H and O–H groups in total. The van der Waals surface area contributed by atoms with E-state index in [2.05, 4.69) is 41.2 Å². The van der Waals surface area contributed by atoms with Gasteiger partial charge in [0.2, 0.25) is 0 Å². The molecule has 0 aliphatic carbocycles. The number of aryl methyl sites for hydroxylation is 1. The number of benzene rings is 2. The zero-order valence-corrected chi connectivity index (χ0v) is 17.4. The Hall–Kier alpha value is -2.75. The molecule has 0 saturated heterocycles. The lowest BCUT2D eigenvalue weighted by molar-refractivity contribution is 0.155. The van der Waals surface area contributed by atoms with Gasteiger partial charge in [-0.25, -0.2) is 14.4 Å². The number of hydrogen-bond donors (Lipinski definition) is 0. The highest BCUT2D eigenvalue weighted by Crippen LogP contribution is 2.23. The van der Waals surface area contributed by atoms with Crippen LogP contribution in [0.25, 0.3) is 22.5 Å². The monoisotopic (exact) mass is 392 g/mol. The van der Waals surface area contributed by atoms with Gasteiger partial charge in [-0.3, -0.25) is 0 Å². The molecule has 0 bridgehead atoms. The zero-order valence-electron chi connectivity index (χ0n) is 17.4. The van der Waals surface area contributed by atoms with E-state index < -0.39 is 6.17 Å². The zero-order chi connectivity index (χ0) is 20.6. The van der Waals surface area contributed by atoms with Gasteiger partial charge in [-0.15, -0.1) is 0 Å². The van der Waals surface area contributed by atoms with Crippen molar-refractivity contribution in [3.63, 3.8) is 0 Å². The Morgan fingerprint density at radius 1 is 0.862 bits per heavy atom. The number of nitrogens with zero attached hydrogens (tertiary/aromatic N) is 2. The van der Waals surface area contributed by atoms with E-state index in [9.17, 15) is 4.39 Å². The molecule has 3 rings (SSSR count). The minimum absolute atomic E-state index is 0.0475. The Morgan fingerprint density at radius 2 is 1.48 bits per heavy atom. The fourth-order valence-corrected chi connectivity index (χ4v) is 2.94. The normalized spacial score (nSPS) is 12.2. The van der Waals surface area contributed by atoms with Gasteiger partial charge in [0.25, 0.3) is 0 Å². The van der Waals surface area contributed by atoms with Crippen LogP contribution in [0, 0.1) is 5.92 Å². The Labute approximate surface area is 173 Å². The van der Waals surface area contributed by atoms with Crippen molar-refractivity contribution in [3.05, 3.63) is 66.5 Å². The number of unbranched alkanes of at least 4 members (excludes halogenated alkanes) is 1. The van der Waals surface area contributed by atoms with Crippen molar-refractivity contribution in [1.82, 2.24) is 9.97 Å². The molecule has 4 heteroatoms. The van der Waals surface area contributed by atoms with Crippen LogP contribution in [0.1, 0.15) is 39.2 Å². The number of rotatable bonds is 9. The minimum atomic E-state index is -0.966. The lowest BCUT2D eigenvalue weighted by Gasteiger charge is -2.13. The van der Waals surface area contributed by atoms with Gasteiger partial charge >= 0.3 is 0 Å². The third-order valence-corrected chi connectivity index (χ3v) is 5.00. The van der Waals surface area contributed by atoms with Gasteiger partial charge in [0.1, 0.15) is 18.5 Å². The summed E-state index contributed by atoms with van der Waals surface area (Å²) in [6.45, 7) is 5.97. The minimum Gasteiger partial charge on any atom is -0.491 e. The summed E-state index contributed by atoms with van der Waals surface area (Å²) < 4.78 is 19.2. The van der Waals surface area contributed by atoms with E-state index in [4.69, 9.17) is 4.74 Å². The van der Waals surface area contributed by atoms with Crippen LogP contribution in [0.2, 0.25) is 0 Å². The molecule has 0 fully saturated rings. The van der Waals surface area contributed by atoms with Crippen molar-refractivity contribution in [2.24, 2.45) is 5.92 Å². The molecule has 0 amide bonds. The van der Waals surface area contributed by atoms with Crippen molar-refractivity contribution in [2.45, 2.75) is 46.2 Å². The summed E-state index contributed by atoms with van der Waals surface area (Å²) in [5.41, 5.74) is 4.38. The molecule has 1 aromatic heterocycles. The van der Waals surface area contributed by atoms with Crippen LogP contribution in [-0.4, -0.2) is 22.7 Å². The maximum Gasteiger partial charge on any atom is 0.159 e. The van der Waals surface area contributed by atoms with Crippen molar-refractivity contribution in [1.29, 1.82) is 0 Å². The summed E-state index contributed by atoms with van der Waals surface area (Å²) in [4.78, 5) is 9.02. The van der Waals surface area contributed by atoms with Crippen LogP contribution in [0.3, 0.4) is 0 Å².